The Balaban J connectivity index is 1.42. The molecule has 0 aromatic heterocycles. The summed E-state index contributed by atoms with van der Waals surface area (Å²) in [6.45, 7) is 0. The van der Waals surface area contributed by atoms with Gasteiger partial charge < -0.3 is 70.0 Å². The Morgan fingerprint density at radius 2 is 1.28 bits per heavy atom. The van der Waals surface area contributed by atoms with Crippen LogP contribution < -0.4 is 19.6 Å². The standard InChI is InChI=1S/C37H30O16/c1-50-29-5-14(4-23(42)32(29)46)37(49)53-30-12-20-22(41)7-16(39)9-28(20)52-36(30)18-10-25(44)34(48)31-17(18)2-13(3-24(43)33(31)47)35-26(45)11-19-21(40)6-15(38)8-27(19)51-35/h2-10,26,30,35-36,38-42,44-46,48H,11-12H2,1H3,(H,43,47). The van der Waals surface area contributed by atoms with Crippen molar-refractivity contribution in [3.63, 3.8) is 0 Å². The number of fused-ring (bicyclic) bond motifs is 3. The topological polar surface area (TPSA) is 273 Å². The molecule has 2 aliphatic rings. The largest absolute Gasteiger partial charge is 0.508 e. The molecule has 0 fully saturated rings. The number of methoxy groups -OCH3 is 1. The molecule has 274 valence electrons. The minimum Gasteiger partial charge on any atom is -0.508 e. The highest BCUT2D eigenvalue weighted by Gasteiger charge is 2.39. The van der Waals surface area contributed by atoms with Gasteiger partial charge in [0.25, 0.3) is 0 Å². The lowest BCUT2D eigenvalue weighted by atomic mass is 9.90. The number of aliphatic hydroxyl groups excluding tert-OH is 1. The van der Waals surface area contributed by atoms with Gasteiger partial charge in [0.1, 0.15) is 46.7 Å². The summed E-state index contributed by atoms with van der Waals surface area (Å²) in [7, 11) is 1.19. The van der Waals surface area contributed by atoms with Crippen molar-refractivity contribution >= 4 is 16.7 Å². The number of ether oxygens (including phenoxy) is 4. The first-order valence-corrected chi connectivity index (χ1v) is 15.8. The van der Waals surface area contributed by atoms with E-state index in [1.54, 1.807) is 0 Å². The Morgan fingerprint density at radius 1 is 0.679 bits per heavy atom. The molecule has 0 saturated carbocycles. The third-order valence-corrected chi connectivity index (χ3v) is 9.18. The van der Waals surface area contributed by atoms with Gasteiger partial charge in [0, 0.05) is 53.8 Å². The van der Waals surface area contributed by atoms with Crippen molar-refractivity contribution in [1.82, 2.24) is 0 Å². The number of carbonyl (C=O) groups is 1. The van der Waals surface area contributed by atoms with Crippen LogP contribution in [0.4, 0.5) is 0 Å². The van der Waals surface area contributed by atoms with Crippen molar-refractivity contribution < 1.29 is 74.8 Å². The number of phenols is 8. The average molecular weight is 731 g/mol. The molecular formula is C37H30O16. The van der Waals surface area contributed by atoms with Crippen molar-refractivity contribution in [3.05, 3.63) is 92.6 Å². The minimum absolute atomic E-state index is 0.00752. The van der Waals surface area contributed by atoms with Crippen molar-refractivity contribution in [3.8, 4) is 69.0 Å². The molecular weight excluding hydrogens is 700 g/mol. The Hall–Kier alpha value is -6.94. The predicted molar refractivity (Wildman–Crippen MR) is 180 cm³/mol. The number of hydrogen-bond acceptors (Lipinski definition) is 16. The van der Waals surface area contributed by atoms with Gasteiger partial charge in [-0.1, -0.05) is 0 Å². The molecule has 53 heavy (non-hydrogen) atoms. The summed E-state index contributed by atoms with van der Waals surface area (Å²) in [5.41, 5.74) is -1.35. The molecule has 0 spiro atoms. The second-order valence-electron chi connectivity index (χ2n) is 12.6. The molecule has 16 nitrogen and oxygen atoms in total. The Labute approximate surface area is 297 Å². The van der Waals surface area contributed by atoms with Crippen LogP contribution in [0.5, 0.6) is 69.0 Å². The molecule has 4 unspecified atom stereocenters. The summed E-state index contributed by atoms with van der Waals surface area (Å²) in [4.78, 5) is 27.2. The van der Waals surface area contributed by atoms with Gasteiger partial charge >= 0.3 is 5.97 Å². The van der Waals surface area contributed by atoms with E-state index in [0.29, 0.717) is 0 Å². The molecule has 5 aromatic rings. The van der Waals surface area contributed by atoms with Crippen molar-refractivity contribution in [2.24, 2.45) is 0 Å². The molecule has 2 aliphatic heterocycles. The van der Waals surface area contributed by atoms with Gasteiger partial charge in [-0.25, -0.2) is 4.79 Å². The molecule has 5 aromatic carbocycles. The molecule has 0 saturated heterocycles. The third kappa shape index (κ3) is 5.89. The first kappa shape index (κ1) is 34.5. The van der Waals surface area contributed by atoms with Crippen LogP contribution >= 0.6 is 0 Å². The van der Waals surface area contributed by atoms with Crippen LogP contribution in [-0.2, 0) is 17.6 Å². The Kier molecular flexibility index (Phi) is 8.26. The van der Waals surface area contributed by atoms with E-state index in [-0.39, 0.29) is 74.8 Å². The maximum absolute atomic E-state index is 13.7. The molecule has 0 amide bonds. The SMILES string of the molecule is COc1cc(C(=O)OC2Cc3c(O)cc(O)cc3OC2c2cc(O)c(O)c3c(=O)c(O)cc(C4Oc5cc(O)cc(O)c5CC4O)cc23)cc(O)c1O. The smallest absolute Gasteiger partial charge is 0.338 e. The summed E-state index contributed by atoms with van der Waals surface area (Å²) >= 11 is 0. The molecule has 0 aliphatic carbocycles. The fourth-order valence-electron chi connectivity index (χ4n) is 6.67. The average Bonchev–Trinajstić information content (AvgIpc) is 3.23. The van der Waals surface area contributed by atoms with E-state index in [1.807, 2.05) is 0 Å². The summed E-state index contributed by atoms with van der Waals surface area (Å²) in [5.74, 6) is -7.03. The Morgan fingerprint density at radius 3 is 1.92 bits per heavy atom. The number of benzene rings is 4. The number of esters is 1. The summed E-state index contributed by atoms with van der Waals surface area (Å²) < 4.78 is 23.0. The van der Waals surface area contributed by atoms with Crippen molar-refractivity contribution in [2.45, 2.75) is 37.3 Å². The highest BCUT2D eigenvalue weighted by molar-refractivity contribution is 5.94. The zero-order valence-electron chi connectivity index (χ0n) is 27.3. The van der Waals surface area contributed by atoms with Crippen LogP contribution in [0.1, 0.15) is 44.8 Å². The van der Waals surface area contributed by atoms with Crippen molar-refractivity contribution in [1.29, 1.82) is 0 Å². The maximum Gasteiger partial charge on any atom is 0.338 e. The van der Waals surface area contributed by atoms with Gasteiger partial charge in [-0.2, -0.15) is 0 Å². The fraction of sp³-hybridized carbons (Fsp3) is 0.189. The number of phenolic OH excluding ortho intramolecular Hbond substituents is 8. The number of aliphatic hydroxyl groups is 1. The maximum atomic E-state index is 13.7. The van der Waals surface area contributed by atoms with E-state index in [2.05, 4.69) is 0 Å². The van der Waals surface area contributed by atoms with E-state index < -0.39 is 81.4 Å². The molecule has 7 rings (SSSR count). The zero-order valence-corrected chi connectivity index (χ0v) is 27.3. The van der Waals surface area contributed by atoms with E-state index in [1.165, 1.54) is 19.2 Å². The van der Waals surface area contributed by atoms with Crippen LogP contribution in [0.2, 0.25) is 0 Å². The summed E-state index contributed by atoms with van der Waals surface area (Å²) in [6.07, 6.45) is -6.14. The summed E-state index contributed by atoms with van der Waals surface area (Å²) in [5, 5.41) is 105. The van der Waals surface area contributed by atoms with Gasteiger partial charge in [-0.3, -0.25) is 4.79 Å². The van der Waals surface area contributed by atoms with Gasteiger partial charge in [-0.05, 0) is 41.3 Å². The lowest BCUT2D eigenvalue weighted by molar-refractivity contribution is -0.0184. The molecule has 10 N–H and O–H groups in total. The van der Waals surface area contributed by atoms with E-state index >= 15 is 0 Å². The number of aromatic hydroxyl groups is 9. The van der Waals surface area contributed by atoms with Gasteiger partial charge in [-0.15, -0.1) is 0 Å². The lowest BCUT2D eigenvalue weighted by Gasteiger charge is -2.34. The highest BCUT2D eigenvalue weighted by atomic mass is 16.6. The van der Waals surface area contributed by atoms with Crippen LogP contribution in [0.3, 0.4) is 0 Å². The zero-order chi connectivity index (χ0) is 38.0. The first-order valence-electron chi connectivity index (χ1n) is 15.8. The molecule has 2 heterocycles. The fourth-order valence-corrected chi connectivity index (χ4v) is 6.67. The second-order valence-corrected chi connectivity index (χ2v) is 12.6. The number of rotatable bonds is 5. The quantitative estimate of drug-likeness (QED) is 0.0915. The monoisotopic (exact) mass is 730 g/mol. The first-order chi connectivity index (χ1) is 25.1. The van der Waals surface area contributed by atoms with Crippen molar-refractivity contribution in [2.75, 3.05) is 7.11 Å². The highest BCUT2D eigenvalue weighted by Crippen LogP contribution is 2.48. The van der Waals surface area contributed by atoms with Gasteiger partial charge in [0.2, 0.25) is 11.2 Å². The molecule has 16 heteroatoms. The van der Waals surface area contributed by atoms with Gasteiger partial charge in [0.05, 0.1) is 24.2 Å². The number of hydrogen-bond donors (Lipinski definition) is 10. The van der Waals surface area contributed by atoms with Crippen LogP contribution in [0, 0.1) is 0 Å². The second kappa shape index (κ2) is 12.7. The van der Waals surface area contributed by atoms with E-state index in [0.717, 1.165) is 42.5 Å². The normalized spacial score (nSPS) is 19.0. The Bertz CT molecular complexity index is 2410. The van der Waals surface area contributed by atoms with E-state index in [9.17, 15) is 60.7 Å². The van der Waals surface area contributed by atoms with E-state index in [4.69, 9.17) is 18.9 Å². The number of carbonyl (C=O) groups excluding carboxylic acids is 1. The molecule has 0 radical (unpaired) electrons. The predicted octanol–water partition coefficient (Wildman–Crippen LogP) is 3.50. The minimum atomic E-state index is -1.50. The molecule has 0 bridgehead atoms. The van der Waals surface area contributed by atoms with Crippen LogP contribution in [-0.4, -0.2) is 76.4 Å². The van der Waals surface area contributed by atoms with Gasteiger partial charge in [0.15, 0.2) is 34.9 Å². The molecule has 4 atom stereocenters. The summed E-state index contributed by atoms with van der Waals surface area (Å²) in [6, 6.07) is 9.69. The lowest BCUT2D eigenvalue weighted by Crippen LogP contribution is -2.35. The van der Waals surface area contributed by atoms with Crippen LogP contribution in [0.15, 0.2) is 59.4 Å². The third-order valence-electron chi connectivity index (χ3n) is 9.18. The van der Waals surface area contributed by atoms with Crippen LogP contribution in [0.25, 0.3) is 10.8 Å².